The largest absolute Gasteiger partial charge is 0.459 e. The van der Waals surface area contributed by atoms with Gasteiger partial charge in [0.15, 0.2) is 5.76 Å². The van der Waals surface area contributed by atoms with Crippen LogP contribution in [0.2, 0.25) is 0 Å². The molecule has 26 heavy (non-hydrogen) atoms. The number of hydrogen-bond acceptors (Lipinski definition) is 5. The zero-order valence-corrected chi connectivity index (χ0v) is 15.3. The summed E-state index contributed by atoms with van der Waals surface area (Å²) in [5, 5.41) is 3.05. The van der Waals surface area contributed by atoms with Gasteiger partial charge in [-0.2, -0.15) is 0 Å². The lowest BCUT2D eigenvalue weighted by atomic mass is 10.0. The van der Waals surface area contributed by atoms with Gasteiger partial charge >= 0.3 is 0 Å². The van der Waals surface area contributed by atoms with Gasteiger partial charge < -0.3 is 15.5 Å². The van der Waals surface area contributed by atoms with Gasteiger partial charge in [-0.25, -0.2) is 0 Å². The van der Waals surface area contributed by atoms with E-state index in [1.165, 1.54) is 0 Å². The van der Waals surface area contributed by atoms with Crippen LogP contribution < -0.4 is 11.1 Å². The molecule has 3 N–H and O–H groups in total. The first-order valence-corrected chi connectivity index (χ1v) is 9.66. The molecule has 0 atom stereocenters. The van der Waals surface area contributed by atoms with E-state index in [1.54, 1.807) is 18.0 Å². The number of nitrogens with two attached hydrogens (primary N) is 1. The van der Waals surface area contributed by atoms with Crippen LogP contribution in [0.3, 0.4) is 0 Å². The van der Waals surface area contributed by atoms with Crippen molar-refractivity contribution in [3.8, 4) is 0 Å². The Hall–Kier alpha value is -2.25. The monoisotopic (exact) mass is 373 g/mol. The summed E-state index contributed by atoms with van der Waals surface area (Å²) >= 11 is 1.67. The molecule has 0 bridgehead atoms. The maximum Gasteiger partial charge on any atom is 0.287 e. The van der Waals surface area contributed by atoms with E-state index in [0.29, 0.717) is 11.5 Å². The van der Waals surface area contributed by atoms with Crippen molar-refractivity contribution in [1.29, 1.82) is 0 Å². The Balaban J connectivity index is 1.51. The molecule has 2 heterocycles. The zero-order valence-electron chi connectivity index (χ0n) is 14.5. The Morgan fingerprint density at radius 3 is 2.62 bits per heavy atom. The highest BCUT2D eigenvalue weighted by Crippen LogP contribution is 2.25. The molecule has 0 saturated carbocycles. The molecule has 0 radical (unpaired) electrons. The SMILES string of the molecule is NC(=O)CN1CCC(NC(=O)c2occc2CSc2ccccc2)CC1. The van der Waals surface area contributed by atoms with E-state index in [1.807, 2.05) is 41.3 Å². The van der Waals surface area contributed by atoms with Gasteiger partial charge in [0.2, 0.25) is 5.91 Å². The van der Waals surface area contributed by atoms with E-state index in [-0.39, 0.29) is 24.4 Å². The van der Waals surface area contributed by atoms with Gasteiger partial charge in [0.25, 0.3) is 5.91 Å². The van der Waals surface area contributed by atoms with Crippen LogP contribution in [-0.2, 0) is 10.5 Å². The smallest absolute Gasteiger partial charge is 0.287 e. The normalized spacial score (nSPS) is 15.7. The van der Waals surface area contributed by atoms with Gasteiger partial charge in [-0.1, -0.05) is 18.2 Å². The number of benzene rings is 1. The summed E-state index contributed by atoms with van der Waals surface area (Å²) in [5.41, 5.74) is 6.12. The fraction of sp³-hybridized carbons (Fsp3) is 0.368. The highest BCUT2D eigenvalue weighted by Gasteiger charge is 2.24. The number of hydrogen-bond donors (Lipinski definition) is 2. The van der Waals surface area contributed by atoms with Crippen molar-refractivity contribution in [2.75, 3.05) is 19.6 Å². The van der Waals surface area contributed by atoms with Crippen LogP contribution in [0.1, 0.15) is 29.0 Å². The molecule has 0 unspecified atom stereocenters. The molecular formula is C19H23N3O3S. The van der Waals surface area contributed by atoms with Crippen LogP contribution in [-0.4, -0.2) is 42.4 Å². The zero-order chi connectivity index (χ0) is 18.4. The minimum absolute atomic E-state index is 0.0892. The van der Waals surface area contributed by atoms with Crippen molar-refractivity contribution in [2.45, 2.75) is 29.5 Å². The number of likely N-dealkylation sites (tertiary alicyclic amines) is 1. The molecule has 2 aromatic rings. The lowest BCUT2D eigenvalue weighted by Gasteiger charge is -2.31. The molecule has 0 spiro atoms. The van der Waals surface area contributed by atoms with Crippen molar-refractivity contribution in [2.24, 2.45) is 5.73 Å². The van der Waals surface area contributed by atoms with Crippen LogP contribution in [0.5, 0.6) is 0 Å². The van der Waals surface area contributed by atoms with Crippen molar-refractivity contribution >= 4 is 23.6 Å². The maximum atomic E-state index is 12.6. The molecule has 0 aliphatic carbocycles. The number of rotatable bonds is 7. The molecule has 6 nitrogen and oxygen atoms in total. The van der Waals surface area contributed by atoms with Crippen LogP contribution in [0.15, 0.2) is 52.0 Å². The first kappa shape index (κ1) is 18.5. The van der Waals surface area contributed by atoms with E-state index in [2.05, 4.69) is 5.32 Å². The first-order chi connectivity index (χ1) is 12.6. The molecule has 1 fully saturated rings. The second-order valence-corrected chi connectivity index (χ2v) is 7.42. The number of piperidine rings is 1. The number of amides is 2. The summed E-state index contributed by atoms with van der Waals surface area (Å²) in [6.45, 7) is 1.78. The Labute approximate surface area is 157 Å². The fourth-order valence-electron chi connectivity index (χ4n) is 3.03. The molecule has 1 aromatic carbocycles. The van der Waals surface area contributed by atoms with Gasteiger partial charge in [0, 0.05) is 35.3 Å². The van der Waals surface area contributed by atoms with Crippen LogP contribution >= 0.6 is 11.8 Å². The minimum Gasteiger partial charge on any atom is -0.459 e. The number of carbonyl (C=O) groups excluding carboxylic acids is 2. The molecule has 3 rings (SSSR count). The summed E-state index contributed by atoms with van der Waals surface area (Å²) in [6, 6.07) is 12.0. The molecule has 1 aliphatic rings. The summed E-state index contributed by atoms with van der Waals surface area (Å²) in [4.78, 5) is 26.7. The van der Waals surface area contributed by atoms with Crippen LogP contribution in [0.25, 0.3) is 0 Å². The molecular weight excluding hydrogens is 350 g/mol. The highest BCUT2D eigenvalue weighted by molar-refractivity contribution is 7.98. The summed E-state index contributed by atoms with van der Waals surface area (Å²) < 4.78 is 5.43. The summed E-state index contributed by atoms with van der Waals surface area (Å²) in [6.07, 6.45) is 3.16. The van der Waals surface area contributed by atoms with E-state index in [4.69, 9.17) is 10.2 Å². The standard InChI is InChI=1S/C19H23N3O3S/c20-17(23)12-22-9-6-15(7-10-22)21-19(24)18-14(8-11-25-18)13-26-16-4-2-1-3-5-16/h1-5,8,11,15H,6-7,9-10,12-13H2,(H2,20,23)(H,21,24). The van der Waals surface area contributed by atoms with Gasteiger partial charge in [0.05, 0.1) is 12.8 Å². The lowest BCUT2D eigenvalue weighted by Crippen LogP contribution is -2.46. The third kappa shape index (κ3) is 5.12. The van der Waals surface area contributed by atoms with Crippen LogP contribution in [0.4, 0.5) is 0 Å². The fourth-order valence-corrected chi connectivity index (χ4v) is 3.93. The third-order valence-corrected chi connectivity index (χ3v) is 5.45. The average molecular weight is 373 g/mol. The van der Waals surface area contributed by atoms with E-state index >= 15 is 0 Å². The van der Waals surface area contributed by atoms with Crippen LogP contribution in [0, 0.1) is 0 Å². The summed E-state index contributed by atoms with van der Waals surface area (Å²) in [5.74, 6) is 0.573. The molecule has 1 aromatic heterocycles. The maximum absolute atomic E-state index is 12.6. The van der Waals surface area contributed by atoms with Gasteiger partial charge in [-0.15, -0.1) is 11.8 Å². The Morgan fingerprint density at radius 1 is 1.19 bits per heavy atom. The number of nitrogens with one attached hydrogen (secondary N) is 1. The molecule has 1 aliphatic heterocycles. The summed E-state index contributed by atoms with van der Waals surface area (Å²) in [7, 11) is 0. The Bertz CT molecular complexity index is 739. The highest BCUT2D eigenvalue weighted by atomic mass is 32.2. The second kappa shape index (κ2) is 8.91. The minimum atomic E-state index is -0.316. The van der Waals surface area contributed by atoms with Gasteiger partial charge in [-0.3, -0.25) is 14.5 Å². The van der Waals surface area contributed by atoms with Crippen molar-refractivity contribution < 1.29 is 14.0 Å². The molecule has 138 valence electrons. The van der Waals surface area contributed by atoms with E-state index < -0.39 is 0 Å². The van der Waals surface area contributed by atoms with E-state index in [9.17, 15) is 9.59 Å². The second-order valence-electron chi connectivity index (χ2n) is 6.37. The molecule has 1 saturated heterocycles. The average Bonchev–Trinajstić information content (AvgIpc) is 3.11. The van der Waals surface area contributed by atoms with Crippen molar-refractivity contribution in [3.63, 3.8) is 0 Å². The first-order valence-electron chi connectivity index (χ1n) is 8.67. The third-order valence-electron chi connectivity index (χ3n) is 4.39. The van der Waals surface area contributed by atoms with E-state index in [0.717, 1.165) is 36.4 Å². The molecule has 7 heteroatoms. The van der Waals surface area contributed by atoms with Gasteiger partial charge in [-0.05, 0) is 31.0 Å². The Morgan fingerprint density at radius 2 is 1.92 bits per heavy atom. The predicted molar refractivity (Wildman–Crippen MR) is 101 cm³/mol. The van der Waals surface area contributed by atoms with Crippen molar-refractivity contribution in [3.05, 3.63) is 54.0 Å². The quantitative estimate of drug-likeness (QED) is 0.727. The number of furan rings is 1. The number of carbonyl (C=O) groups is 2. The number of thioether (sulfide) groups is 1. The van der Waals surface area contributed by atoms with Gasteiger partial charge in [0.1, 0.15) is 0 Å². The number of nitrogens with zero attached hydrogens (tertiary/aromatic N) is 1. The molecule has 2 amide bonds. The lowest BCUT2D eigenvalue weighted by molar-refractivity contribution is -0.119. The van der Waals surface area contributed by atoms with Crippen molar-refractivity contribution in [1.82, 2.24) is 10.2 Å². The topological polar surface area (TPSA) is 88.6 Å². The Kier molecular flexibility index (Phi) is 6.35. The predicted octanol–water partition coefficient (Wildman–Crippen LogP) is 2.25. The number of primary amides is 1.